The van der Waals surface area contributed by atoms with Gasteiger partial charge in [-0.25, -0.2) is 0 Å². The van der Waals surface area contributed by atoms with E-state index in [0.29, 0.717) is 11.1 Å². The summed E-state index contributed by atoms with van der Waals surface area (Å²) in [7, 11) is 0. The van der Waals surface area contributed by atoms with Crippen LogP contribution in [0.5, 0.6) is 0 Å². The van der Waals surface area contributed by atoms with Crippen LogP contribution in [-0.2, 0) is 4.79 Å². The molecule has 1 aromatic carbocycles. The molecule has 1 aromatic rings. The molecule has 118 valence electrons. The fraction of sp³-hybridized carbons (Fsp3) is 0.471. The predicted molar refractivity (Wildman–Crippen MR) is 81.9 cm³/mol. The zero-order valence-corrected chi connectivity index (χ0v) is 12.9. The molecule has 5 heteroatoms. The average Bonchev–Trinajstić information content (AvgIpc) is 2.43. The number of amides is 1. The summed E-state index contributed by atoms with van der Waals surface area (Å²) in [6.45, 7) is 4.40. The number of carboxylic acid groups (broad SMARTS) is 1. The van der Waals surface area contributed by atoms with Crippen molar-refractivity contribution in [1.82, 2.24) is 5.32 Å². The van der Waals surface area contributed by atoms with Gasteiger partial charge in [0.05, 0.1) is 6.42 Å². The number of rotatable bonds is 6. The summed E-state index contributed by atoms with van der Waals surface area (Å²) in [5.41, 5.74) is 1.31. The number of nitrogens with one attached hydrogen (secondary N) is 1. The fourth-order valence-electron chi connectivity index (χ4n) is 2.87. The third-order valence-corrected chi connectivity index (χ3v) is 4.02. The molecule has 0 aromatic heterocycles. The number of Topliss-reactive ketones (excluding diaryl/α,β-unsaturated/α-hetero) is 1. The molecule has 0 spiro atoms. The molecular weight excluding hydrogens is 282 g/mol. The summed E-state index contributed by atoms with van der Waals surface area (Å²) >= 11 is 0. The monoisotopic (exact) mass is 303 g/mol. The molecule has 0 unspecified atom stereocenters. The molecule has 1 fully saturated rings. The molecular formula is C17H21NO4. The van der Waals surface area contributed by atoms with Gasteiger partial charge in [0.2, 0.25) is 0 Å². The Morgan fingerprint density at radius 2 is 1.68 bits per heavy atom. The maximum absolute atomic E-state index is 12.3. The molecule has 1 aliphatic carbocycles. The van der Waals surface area contributed by atoms with Gasteiger partial charge in [-0.15, -0.1) is 0 Å². The number of hydrogen-bond donors (Lipinski definition) is 2. The maximum Gasteiger partial charge on any atom is 0.305 e. The van der Waals surface area contributed by atoms with Crippen molar-refractivity contribution >= 4 is 17.7 Å². The maximum atomic E-state index is 12.3. The van der Waals surface area contributed by atoms with Crippen LogP contribution in [0.4, 0.5) is 0 Å². The zero-order valence-electron chi connectivity index (χ0n) is 12.9. The number of carbonyl (C=O) groups excluding carboxylic acids is 2. The number of hydrogen-bond acceptors (Lipinski definition) is 3. The normalized spacial score (nSPS) is 16.6. The van der Waals surface area contributed by atoms with Gasteiger partial charge < -0.3 is 10.4 Å². The minimum atomic E-state index is -0.954. The molecule has 22 heavy (non-hydrogen) atoms. The smallest absolute Gasteiger partial charge is 0.305 e. The molecule has 0 saturated heterocycles. The Labute approximate surface area is 129 Å². The van der Waals surface area contributed by atoms with Crippen LogP contribution in [0, 0.1) is 11.3 Å². The summed E-state index contributed by atoms with van der Waals surface area (Å²) in [5.74, 6) is -1.06. The van der Waals surface area contributed by atoms with E-state index in [1.54, 1.807) is 24.3 Å². The molecule has 0 radical (unpaired) electrons. The lowest BCUT2D eigenvalue weighted by Crippen LogP contribution is -2.36. The first-order valence-corrected chi connectivity index (χ1v) is 7.43. The van der Waals surface area contributed by atoms with Gasteiger partial charge in [-0.1, -0.05) is 26.0 Å². The van der Waals surface area contributed by atoms with Crippen molar-refractivity contribution in [3.63, 3.8) is 0 Å². The number of ketones is 1. The van der Waals surface area contributed by atoms with Gasteiger partial charge in [0.15, 0.2) is 5.78 Å². The molecule has 0 atom stereocenters. The van der Waals surface area contributed by atoms with Crippen LogP contribution in [0.1, 0.15) is 53.8 Å². The van der Waals surface area contributed by atoms with Crippen molar-refractivity contribution in [2.75, 3.05) is 6.54 Å². The number of aliphatic carboxylic acids is 1. The van der Waals surface area contributed by atoms with Gasteiger partial charge in [-0.3, -0.25) is 14.4 Å². The second kappa shape index (κ2) is 6.30. The number of carbonyl (C=O) groups is 3. The van der Waals surface area contributed by atoms with Crippen molar-refractivity contribution in [3.8, 4) is 0 Å². The Morgan fingerprint density at radius 3 is 2.18 bits per heavy atom. The lowest BCUT2D eigenvalue weighted by molar-refractivity contribution is -0.136. The first kappa shape index (κ1) is 16.2. The first-order chi connectivity index (χ1) is 10.3. The van der Waals surface area contributed by atoms with Gasteiger partial charge in [0, 0.05) is 23.6 Å². The molecule has 2 rings (SSSR count). The Bertz CT molecular complexity index is 581. The van der Waals surface area contributed by atoms with Crippen molar-refractivity contribution in [2.24, 2.45) is 11.3 Å². The van der Waals surface area contributed by atoms with E-state index in [1.807, 2.05) is 0 Å². The van der Waals surface area contributed by atoms with E-state index in [1.165, 1.54) is 0 Å². The Morgan fingerprint density at radius 1 is 1.14 bits per heavy atom. The largest absolute Gasteiger partial charge is 0.481 e. The standard InChI is InChI=1S/C17H21NO4/c1-17(2)9-13(10-17)15(21)11-3-5-12(6-4-11)16(22)18-8-7-14(19)20/h3-6,13H,7-10H2,1-2H3,(H,18,22)(H,19,20). The van der Waals surface area contributed by atoms with Crippen molar-refractivity contribution in [3.05, 3.63) is 35.4 Å². The molecule has 0 heterocycles. The zero-order chi connectivity index (χ0) is 16.3. The lowest BCUT2D eigenvalue weighted by Gasteiger charge is -2.41. The fourth-order valence-corrected chi connectivity index (χ4v) is 2.87. The Hall–Kier alpha value is -2.17. The van der Waals surface area contributed by atoms with Crippen LogP contribution >= 0.6 is 0 Å². The van der Waals surface area contributed by atoms with Crippen molar-refractivity contribution in [1.29, 1.82) is 0 Å². The average molecular weight is 303 g/mol. The van der Waals surface area contributed by atoms with Crippen LogP contribution in [0.3, 0.4) is 0 Å². The molecule has 5 nitrogen and oxygen atoms in total. The number of benzene rings is 1. The third-order valence-electron chi connectivity index (χ3n) is 4.02. The van der Waals surface area contributed by atoms with E-state index in [0.717, 1.165) is 12.8 Å². The van der Waals surface area contributed by atoms with Gasteiger partial charge in [-0.05, 0) is 30.4 Å². The van der Waals surface area contributed by atoms with Gasteiger partial charge in [0.25, 0.3) is 5.91 Å². The summed E-state index contributed by atoms with van der Waals surface area (Å²) < 4.78 is 0. The van der Waals surface area contributed by atoms with E-state index >= 15 is 0 Å². The molecule has 0 aliphatic heterocycles. The van der Waals surface area contributed by atoms with Gasteiger partial charge in [0.1, 0.15) is 0 Å². The van der Waals surface area contributed by atoms with E-state index < -0.39 is 5.97 Å². The van der Waals surface area contributed by atoms with Crippen molar-refractivity contribution in [2.45, 2.75) is 33.1 Å². The Kier molecular flexibility index (Phi) is 4.64. The van der Waals surface area contributed by atoms with Gasteiger partial charge in [-0.2, -0.15) is 0 Å². The second-order valence-electron chi connectivity index (χ2n) is 6.61. The molecule has 1 saturated carbocycles. The van der Waals surface area contributed by atoms with E-state index in [2.05, 4.69) is 19.2 Å². The highest BCUT2D eigenvalue weighted by molar-refractivity contribution is 6.00. The highest BCUT2D eigenvalue weighted by Gasteiger charge is 2.40. The summed E-state index contributed by atoms with van der Waals surface area (Å²) in [6, 6.07) is 6.54. The first-order valence-electron chi connectivity index (χ1n) is 7.43. The van der Waals surface area contributed by atoms with Crippen LogP contribution in [-0.4, -0.2) is 29.3 Å². The minimum Gasteiger partial charge on any atom is -0.481 e. The van der Waals surface area contributed by atoms with Crippen LogP contribution < -0.4 is 5.32 Å². The SMILES string of the molecule is CC1(C)CC(C(=O)c2ccc(C(=O)NCCC(=O)O)cc2)C1. The predicted octanol–water partition coefficient (Wildman–Crippen LogP) is 2.51. The van der Waals surface area contributed by atoms with Gasteiger partial charge >= 0.3 is 5.97 Å². The summed E-state index contributed by atoms with van der Waals surface area (Å²) in [4.78, 5) is 34.5. The van der Waals surface area contributed by atoms with E-state index in [4.69, 9.17) is 5.11 Å². The number of carboxylic acids is 1. The van der Waals surface area contributed by atoms with E-state index in [-0.39, 0.29) is 36.0 Å². The molecule has 2 N–H and O–H groups in total. The highest BCUT2D eigenvalue weighted by atomic mass is 16.4. The lowest BCUT2D eigenvalue weighted by atomic mass is 9.62. The topological polar surface area (TPSA) is 83.5 Å². The van der Waals surface area contributed by atoms with Crippen LogP contribution in [0.2, 0.25) is 0 Å². The van der Waals surface area contributed by atoms with Crippen LogP contribution in [0.15, 0.2) is 24.3 Å². The quantitative estimate of drug-likeness (QED) is 0.791. The molecule has 0 bridgehead atoms. The van der Waals surface area contributed by atoms with Crippen molar-refractivity contribution < 1.29 is 19.5 Å². The molecule has 1 aliphatic rings. The van der Waals surface area contributed by atoms with E-state index in [9.17, 15) is 14.4 Å². The van der Waals surface area contributed by atoms with Crippen LogP contribution in [0.25, 0.3) is 0 Å². The summed E-state index contributed by atoms with van der Waals surface area (Å²) in [5, 5.41) is 11.1. The minimum absolute atomic E-state index is 0.0882. The molecule has 1 amide bonds. The third kappa shape index (κ3) is 3.93. The highest BCUT2D eigenvalue weighted by Crippen LogP contribution is 2.46. The second-order valence-corrected chi connectivity index (χ2v) is 6.61. The Balaban J connectivity index is 1.91. The summed E-state index contributed by atoms with van der Waals surface area (Å²) in [6.07, 6.45) is 1.70.